The number of phenols is 1. The molecule has 2 N–H and O–H groups in total. The fourth-order valence-electron chi connectivity index (χ4n) is 2.76. The van der Waals surface area contributed by atoms with Gasteiger partial charge in [0.2, 0.25) is 5.91 Å². The van der Waals surface area contributed by atoms with Crippen molar-refractivity contribution in [2.24, 2.45) is 5.41 Å². The zero-order valence-electron chi connectivity index (χ0n) is 15.1. The van der Waals surface area contributed by atoms with E-state index in [-0.39, 0.29) is 17.6 Å². The number of nitrogens with zero attached hydrogens (tertiary/aromatic N) is 1. The van der Waals surface area contributed by atoms with Crippen molar-refractivity contribution >= 4 is 23.2 Å². The van der Waals surface area contributed by atoms with Crippen molar-refractivity contribution in [3.63, 3.8) is 0 Å². The minimum absolute atomic E-state index is 0.00138. The van der Waals surface area contributed by atoms with Crippen LogP contribution in [0.2, 0.25) is 0 Å². The zero-order chi connectivity index (χ0) is 18.9. The Bertz CT molecular complexity index is 855. The van der Waals surface area contributed by atoms with Gasteiger partial charge < -0.3 is 20.1 Å². The Morgan fingerprint density at radius 2 is 1.92 bits per heavy atom. The van der Waals surface area contributed by atoms with Crippen molar-refractivity contribution in [3.8, 4) is 11.5 Å². The van der Waals surface area contributed by atoms with E-state index < -0.39 is 5.41 Å². The topological polar surface area (TPSA) is 78.9 Å². The van der Waals surface area contributed by atoms with Gasteiger partial charge in [0.1, 0.15) is 18.1 Å². The number of fused-ring (bicyclic) bond motifs is 1. The van der Waals surface area contributed by atoms with Crippen LogP contribution in [-0.4, -0.2) is 30.1 Å². The number of benzene rings is 2. The molecule has 2 aromatic rings. The molecule has 6 heteroatoms. The van der Waals surface area contributed by atoms with Crippen LogP contribution in [0.15, 0.2) is 42.5 Å². The van der Waals surface area contributed by atoms with E-state index in [1.165, 1.54) is 12.1 Å². The van der Waals surface area contributed by atoms with Gasteiger partial charge in [0.15, 0.2) is 0 Å². The highest BCUT2D eigenvalue weighted by atomic mass is 16.5. The summed E-state index contributed by atoms with van der Waals surface area (Å²) in [7, 11) is 0. The number of aromatic hydroxyl groups is 1. The van der Waals surface area contributed by atoms with E-state index in [4.69, 9.17) is 4.74 Å². The molecule has 0 aromatic heterocycles. The van der Waals surface area contributed by atoms with Crippen LogP contribution in [0.25, 0.3) is 0 Å². The number of carbonyl (C=O) groups is 2. The molecule has 0 atom stereocenters. The van der Waals surface area contributed by atoms with Crippen LogP contribution >= 0.6 is 0 Å². The van der Waals surface area contributed by atoms with Gasteiger partial charge in [0.05, 0.1) is 12.2 Å². The number of amides is 2. The van der Waals surface area contributed by atoms with Gasteiger partial charge >= 0.3 is 0 Å². The van der Waals surface area contributed by atoms with Crippen molar-refractivity contribution in [1.29, 1.82) is 0 Å². The smallest absolute Gasteiger partial charge is 0.255 e. The average Bonchev–Trinajstić information content (AvgIpc) is 2.59. The summed E-state index contributed by atoms with van der Waals surface area (Å²) in [6.07, 6.45) is 0. The number of hydrogen-bond acceptors (Lipinski definition) is 4. The second-order valence-electron chi connectivity index (χ2n) is 7.24. The molecule has 1 aliphatic rings. The van der Waals surface area contributed by atoms with Crippen molar-refractivity contribution in [2.45, 2.75) is 20.8 Å². The van der Waals surface area contributed by atoms with E-state index in [1.54, 1.807) is 35.2 Å². The lowest BCUT2D eigenvalue weighted by molar-refractivity contribution is -0.126. The third kappa shape index (κ3) is 3.64. The Hall–Kier alpha value is -3.02. The first-order valence-electron chi connectivity index (χ1n) is 8.45. The maximum Gasteiger partial charge on any atom is 0.255 e. The first-order valence-corrected chi connectivity index (χ1v) is 8.45. The highest BCUT2D eigenvalue weighted by Gasteiger charge is 2.32. The van der Waals surface area contributed by atoms with Crippen LogP contribution in [0.4, 0.5) is 11.4 Å². The average molecular weight is 354 g/mol. The Morgan fingerprint density at radius 3 is 2.62 bits per heavy atom. The quantitative estimate of drug-likeness (QED) is 0.866. The maximum atomic E-state index is 12.7. The molecule has 0 radical (unpaired) electrons. The summed E-state index contributed by atoms with van der Waals surface area (Å²) in [5.41, 5.74) is 1.02. The molecule has 1 heterocycles. The van der Waals surface area contributed by atoms with E-state index in [1.807, 2.05) is 20.8 Å². The molecule has 2 aromatic carbocycles. The largest absolute Gasteiger partial charge is 0.508 e. The predicted molar refractivity (Wildman–Crippen MR) is 99.8 cm³/mol. The molecule has 0 saturated carbocycles. The summed E-state index contributed by atoms with van der Waals surface area (Å²) in [4.78, 5) is 26.8. The molecular weight excluding hydrogens is 332 g/mol. The maximum absolute atomic E-state index is 12.7. The second-order valence-corrected chi connectivity index (χ2v) is 7.24. The standard InChI is InChI=1S/C20H22N2O4/c1-20(2,3)19(25)22-9-10-26-17-8-7-14(12-16(17)22)21-18(24)13-5-4-6-15(23)11-13/h4-8,11-12,23H,9-10H2,1-3H3,(H,21,24). The molecule has 3 rings (SSSR count). The number of nitrogens with one attached hydrogen (secondary N) is 1. The Morgan fingerprint density at radius 1 is 1.15 bits per heavy atom. The van der Waals surface area contributed by atoms with E-state index >= 15 is 0 Å². The van der Waals surface area contributed by atoms with Gasteiger partial charge in [-0.15, -0.1) is 0 Å². The van der Waals surface area contributed by atoms with E-state index in [0.29, 0.717) is 35.8 Å². The van der Waals surface area contributed by atoms with Gasteiger partial charge in [-0.25, -0.2) is 0 Å². The fourth-order valence-corrected chi connectivity index (χ4v) is 2.76. The van der Waals surface area contributed by atoms with Gasteiger partial charge in [0, 0.05) is 16.7 Å². The highest BCUT2D eigenvalue weighted by molar-refractivity contribution is 6.05. The molecule has 0 fully saturated rings. The molecule has 26 heavy (non-hydrogen) atoms. The Labute approximate surface area is 152 Å². The molecule has 1 aliphatic heterocycles. The third-order valence-electron chi connectivity index (χ3n) is 4.08. The SMILES string of the molecule is CC(C)(C)C(=O)N1CCOc2ccc(NC(=O)c3cccc(O)c3)cc21. The van der Waals surface area contributed by atoms with Crippen molar-refractivity contribution in [3.05, 3.63) is 48.0 Å². The number of hydrogen-bond donors (Lipinski definition) is 2. The van der Waals surface area contributed by atoms with Gasteiger partial charge in [-0.3, -0.25) is 9.59 Å². The summed E-state index contributed by atoms with van der Waals surface area (Å²) in [5, 5.41) is 12.3. The molecule has 6 nitrogen and oxygen atoms in total. The van der Waals surface area contributed by atoms with Crippen molar-refractivity contribution < 1.29 is 19.4 Å². The van der Waals surface area contributed by atoms with Gasteiger partial charge in [-0.1, -0.05) is 26.8 Å². The monoisotopic (exact) mass is 354 g/mol. The number of ether oxygens (including phenoxy) is 1. The molecular formula is C20H22N2O4. The van der Waals surface area contributed by atoms with Gasteiger partial charge in [-0.2, -0.15) is 0 Å². The van der Waals surface area contributed by atoms with Crippen molar-refractivity contribution in [1.82, 2.24) is 0 Å². The highest BCUT2D eigenvalue weighted by Crippen LogP contribution is 2.36. The second kappa shape index (κ2) is 6.71. The third-order valence-corrected chi connectivity index (χ3v) is 4.08. The molecule has 136 valence electrons. The molecule has 0 bridgehead atoms. The van der Waals surface area contributed by atoms with Crippen molar-refractivity contribution in [2.75, 3.05) is 23.4 Å². The first kappa shape index (κ1) is 17.8. The lowest BCUT2D eigenvalue weighted by Crippen LogP contribution is -2.44. The number of phenolic OH excluding ortho intramolecular Hbond substituents is 1. The first-order chi connectivity index (χ1) is 12.3. The lowest BCUT2D eigenvalue weighted by atomic mass is 9.94. The molecule has 0 saturated heterocycles. The van der Waals surface area contributed by atoms with Gasteiger partial charge in [-0.05, 0) is 36.4 Å². The van der Waals surface area contributed by atoms with Crippen LogP contribution in [0.1, 0.15) is 31.1 Å². The minimum atomic E-state index is -0.518. The number of carbonyl (C=O) groups excluding carboxylic acids is 2. The summed E-state index contributed by atoms with van der Waals surface area (Å²) in [6, 6.07) is 11.3. The molecule has 0 spiro atoms. The summed E-state index contributed by atoms with van der Waals surface area (Å²) >= 11 is 0. The number of anilines is 2. The normalized spacial score (nSPS) is 13.6. The van der Waals surface area contributed by atoms with Crippen LogP contribution < -0.4 is 15.0 Å². The summed E-state index contributed by atoms with van der Waals surface area (Å²) < 4.78 is 5.64. The molecule has 2 amide bonds. The fraction of sp³-hybridized carbons (Fsp3) is 0.300. The predicted octanol–water partition coefficient (Wildman–Crippen LogP) is 3.42. The minimum Gasteiger partial charge on any atom is -0.508 e. The van der Waals surface area contributed by atoms with Gasteiger partial charge in [0.25, 0.3) is 5.91 Å². The Kier molecular flexibility index (Phi) is 4.59. The zero-order valence-corrected chi connectivity index (χ0v) is 15.1. The number of rotatable bonds is 2. The van der Waals surface area contributed by atoms with E-state index in [9.17, 15) is 14.7 Å². The summed E-state index contributed by atoms with van der Waals surface area (Å²) in [5.74, 6) is 0.299. The van der Waals surface area contributed by atoms with Crippen LogP contribution in [-0.2, 0) is 4.79 Å². The van der Waals surface area contributed by atoms with E-state index in [0.717, 1.165) is 0 Å². The van der Waals surface area contributed by atoms with Crippen LogP contribution in [0.5, 0.6) is 11.5 Å². The molecule has 0 unspecified atom stereocenters. The van der Waals surface area contributed by atoms with E-state index in [2.05, 4.69) is 5.32 Å². The Balaban J connectivity index is 1.87. The lowest BCUT2D eigenvalue weighted by Gasteiger charge is -2.34. The van der Waals surface area contributed by atoms with Crippen LogP contribution in [0.3, 0.4) is 0 Å². The molecule has 0 aliphatic carbocycles. The summed E-state index contributed by atoms with van der Waals surface area (Å²) in [6.45, 7) is 6.52. The van der Waals surface area contributed by atoms with Crippen LogP contribution in [0, 0.1) is 5.41 Å².